The Kier molecular flexibility index (Phi) is 5.08. The molecule has 0 aliphatic rings. The smallest absolute Gasteiger partial charge is 0.255 e. The van der Waals surface area contributed by atoms with E-state index < -0.39 is 0 Å². The van der Waals surface area contributed by atoms with Crippen LogP contribution in [0.1, 0.15) is 22.8 Å². The van der Waals surface area contributed by atoms with Gasteiger partial charge in [0.1, 0.15) is 0 Å². The molecular weight excluding hydrogens is 302 g/mol. The van der Waals surface area contributed by atoms with E-state index in [4.69, 9.17) is 9.15 Å². The topological polar surface area (TPSA) is 51.5 Å². The van der Waals surface area contributed by atoms with Gasteiger partial charge in [-0.1, -0.05) is 30.3 Å². The van der Waals surface area contributed by atoms with Crippen molar-refractivity contribution in [3.05, 3.63) is 78.3 Å². The minimum atomic E-state index is -0.149. The van der Waals surface area contributed by atoms with Gasteiger partial charge >= 0.3 is 0 Å². The van der Waals surface area contributed by atoms with Crippen LogP contribution >= 0.6 is 0 Å². The average molecular weight is 321 g/mol. The first-order valence-electron chi connectivity index (χ1n) is 7.87. The minimum absolute atomic E-state index is 0.149. The fourth-order valence-electron chi connectivity index (χ4n) is 2.44. The van der Waals surface area contributed by atoms with Crippen LogP contribution in [0.5, 0.6) is 0 Å². The van der Waals surface area contributed by atoms with Gasteiger partial charge in [-0.2, -0.15) is 0 Å². The van der Waals surface area contributed by atoms with Crippen molar-refractivity contribution in [2.24, 2.45) is 0 Å². The third-order valence-electron chi connectivity index (χ3n) is 3.71. The van der Waals surface area contributed by atoms with Crippen LogP contribution in [-0.4, -0.2) is 12.5 Å². The maximum absolute atomic E-state index is 12.6. The molecule has 122 valence electrons. The predicted octanol–water partition coefficient (Wildman–Crippen LogP) is 4.74. The van der Waals surface area contributed by atoms with Crippen LogP contribution in [0.4, 0.5) is 5.69 Å². The van der Waals surface area contributed by atoms with E-state index in [0.29, 0.717) is 18.8 Å². The minimum Gasteiger partial charge on any atom is -0.472 e. The fourth-order valence-corrected chi connectivity index (χ4v) is 2.44. The number of rotatable bonds is 6. The third-order valence-corrected chi connectivity index (χ3v) is 3.71. The Labute approximate surface area is 141 Å². The van der Waals surface area contributed by atoms with Crippen molar-refractivity contribution in [2.75, 3.05) is 11.9 Å². The molecule has 0 aliphatic carbocycles. The molecule has 24 heavy (non-hydrogen) atoms. The molecule has 0 spiro atoms. The number of benzene rings is 2. The lowest BCUT2D eigenvalue weighted by atomic mass is 10.1. The van der Waals surface area contributed by atoms with E-state index in [1.807, 2.05) is 55.5 Å². The van der Waals surface area contributed by atoms with Gasteiger partial charge < -0.3 is 14.5 Å². The molecule has 0 radical (unpaired) electrons. The number of carbonyl (C=O) groups is 1. The van der Waals surface area contributed by atoms with Crippen LogP contribution in [-0.2, 0) is 11.3 Å². The van der Waals surface area contributed by atoms with Gasteiger partial charge in [-0.05, 0) is 36.8 Å². The highest BCUT2D eigenvalue weighted by atomic mass is 16.5. The molecule has 3 rings (SSSR count). The zero-order valence-electron chi connectivity index (χ0n) is 13.5. The molecular formula is C20H19NO3. The third kappa shape index (κ3) is 3.73. The first-order chi connectivity index (χ1) is 11.8. The maximum Gasteiger partial charge on any atom is 0.255 e. The molecule has 0 saturated carbocycles. The Morgan fingerprint density at radius 1 is 1.08 bits per heavy atom. The molecule has 0 saturated heterocycles. The van der Waals surface area contributed by atoms with E-state index in [1.165, 1.54) is 0 Å². The Bertz CT molecular complexity index is 809. The lowest BCUT2D eigenvalue weighted by Gasteiger charge is -2.11. The number of anilines is 1. The standard InChI is InChI=1S/C20H19NO3/c1-2-23-14-18-6-3-4-9-19(18)21-20(22)16-8-5-7-15(12-16)17-10-11-24-13-17/h3-13H,2,14H2,1H3,(H,21,22). The van der Waals surface area contributed by atoms with Gasteiger partial charge in [0.2, 0.25) is 0 Å². The summed E-state index contributed by atoms with van der Waals surface area (Å²) >= 11 is 0. The van der Waals surface area contributed by atoms with E-state index in [-0.39, 0.29) is 5.91 Å². The van der Waals surface area contributed by atoms with Crippen LogP contribution in [0.15, 0.2) is 71.5 Å². The first kappa shape index (κ1) is 16.0. The van der Waals surface area contributed by atoms with Gasteiger partial charge in [0.05, 0.1) is 19.1 Å². The summed E-state index contributed by atoms with van der Waals surface area (Å²) in [6.45, 7) is 3.06. The number of hydrogen-bond acceptors (Lipinski definition) is 3. The maximum atomic E-state index is 12.6. The number of carbonyl (C=O) groups excluding carboxylic acids is 1. The molecule has 4 nitrogen and oxygen atoms in total. The summed E-state index contributed by atoms with van der Waals surface area (Å²) in [6.07, 6.45) is 3.28. The Balaban J connectivity index is 1.80. The number of nitrogens with one attached hydrogen (secondary N) is 1. The van der Waals surface area contributed by atoms with E-state index in [0.717, 1.165) is 22.4 Å². The lowest BCUT2D eigenvalue weighted by Crippen LogP contribution is -2.13. The van der Waals surface area contributed by atoms with Crippen LogP contribution in [0.3, 0.4) is 0 Å². The second-order valence-electron chi connectivity index (χ2n) is 5.34. The molecule has 1 N–H and O–H groups in total. The fraction of sp³-hybridized carbons (Fsp3) is 0.150. The first-order valence-corrected chi connectivity index (χ1v) is 7.87. The summed E-state index contributed by atoms with van der Waals surface area (Å²) in [5.74, 6) is -0.149. The van der Waals surface area contributed by atoms with Crippen molar-refractivity contribution in [2.45, 2.75) is 13.5 Å². The van der Waals surface area contributed by atoms with Crippen molar-refractivity contribution in [3.63, 3.8) is 0 Å². The van der Waals surface area contributed by atoms with Crippen molar-refractivity contribution < 1.29 is 13.9 Å². The molecule has 0 unspecified atom stereocenters. The predicted molar refractivity (Wildman–Crippen MR) is 93.9 cm³/mol. The zero-order valence-corrected chi connectivity index (χ0v) is 13.5. The molecule has 3 aromatic rings. The van der Waals surface area contributed by atoms with Crippen molar-refractivity contribution in [3.8, 4) is 11.1 Å². The normalized spacial score (nSPS) is 10.5. The summed E-state index contributed by atoms with van der Waals surface area (Å²) in [7, 11) is 0. The second kappa shape index (κ2) is 7.62. The summed E-state index contributed by atoms with van der Waals surface area (Å²) in [5, 5.41) is 2.97. The number of amides is 1. The van der Waals surface area contributed by atoms with E-state index in [2.05, 4.69) is 5.32 Å². The number of para-hydroxylation sites is 1. The van der Waals surface area contributed by atoms with Crippen LogP contribution < -0.4 is 5.32 Å². The highest BCUT2D eigenvalue weighted by Crippen LogP contribution is 2.22. The Hall–Kier alpha value is -2.85. The summed E-state index contributed by atoms with van der Waals surface area (Å²) in [6, 6.07) is 17.0. The largest absolute Gasteiger partial charge is 0.472 e. The van der Waals surface area contributed by atoms with Gasteiger partial charge in [-0.15, -0.1) is 0 Å². The molecule has 2 aromatic carbocycles. The second-order valence-corrected chi connectivity index (χ2v) is 5.34. The number of furan rings is 1. The molecule has 0 aliphatic heterocycles. The van der Waals surface area contributed by atoms with Crippen molar-refractivity contribution in [1.82, 2.24) is 0 Å². The summed E-state index contributed by atoms with van der Waals surface area (Å²) < 4.78 is 10.6. The molecule has 1 amide bonds. The molecule has 0 fully saturated rings. The summed E-state index contributed by atoms with van der Waals surface area (Å²) in [4.78, 5) is 12.6. The van der Waals surface area contributed by atoms with E-state index in [9.17, 15) is 4.79 Å². The molecule has 0 bridgehead atoms. The van der Waals surface area contributed by atoms with E-state index in [1.54, 1.807) is 18.6 Å². The average Bonchev–Trinajstić information content (AvgIpc) is 3.16. The van der Waals surface area contributed by atoms with Gasteiger partial charge in [-0.25, -0.2) is 0 Å². The van der Waals surface area contributed by atoms with Crippen molar-refractivity contribution >= 4 is 11.6 Å². The highest BCUT2D eigenvalue weighted by Gasteiger charge is 2.10. The molecule has 4 heteroatoms. The Morgan fingerprint density at radius 3 is 2.75 bits per heavy atom. The monoisotopic (exact) mass is 321 g/mol. The quantitative estimate of drug-likeness (QED) is 0.713. The van der Waals surface area contributed by atoms with E-state index >= 15 is 0 Å². The summed E-state index contributed by atoms with van der Waals surface area (Å²) in [5.41, 5.74) is 4.21. The van der Waals surface area contributed by atoms with Gasteiger partial charge in [0.25, 0.3) is 5.91 Å². The number of hydrogen-bond donors (Lipinski definition) is 1. The Morgan fingerprint density at radius 2 is 1.96 bits per heavy atom. The lowest BCUT2D eigenvalue weighted by molar-refractivity contribution is 0.102. The van der Waals surface area contributed by atoms with Crippen LogP contribution in [0.25, 0.3) is 11.1 Å². The van der Waals surface area contributed by atoms with Gasteiger partial charge in [-0.3, -0.25) is 4.79 Å². The number of ether oxygens (including phenoxy) is 1. The highest BCUT2D eigenvalue weighted by molar-refractivity contribution is 6.05. The van der Waals surface area contributed by atoms with Gasteiger partial charge in [0, 0.05) is 29.0 Å². The molecule has 0 atom stereocenters. The van der Waals surface area contributed by atoms with Crippen LogP contribution in [0, 0.1) is 0 Å². The SMILES string of the molecule is CCOCc1ccccc1NC(=O)c1cccc(-c2ccoc2)c1. The van der Waals surface area contributed by atoms with Crippen LogP contribution in [0.2, 0.25) is 0 Å². The zero-order chi connectivity index (χ0) is 16.8. The van der Waals surface area contributed by atoms with Crippen molar-refractivity contribution in [1.29, 1.82) is 0 Å². The van der Waals surface area contributed by atoms with Gasteiger partial charge in [0.15, 0.2) is 0 Å². The molecule has 1 aromatic heterocycles. The molecule has 1 heterocycles.